The Labute approximate surface area is 114 Å². The molecule has 2 aromatic rings. The zero-order valence-corrected chi connectivity index (χ0v) is 11.9. The third kappa shape index (κ3) is 2.51. The Hall–Kier alpha value is -1.49. The predicted molar refractivity (Wildman–Crippen MR) is 72.7 cm³/mol. The van der Waals surface area contributed by atoms with E-state index in [0.717, 1.165) is 22.0 Å². The number of aromatic nitrogens is 3. The molecule has 0 bridgehead atoms. The van der Waals surface area contributed by atoms with Gasteiger partial charge in [-0.05, 0) is 17.5 Å². The van der Waals surface area contributed by atoms with Crippen LogP contribution in [0.5, 0.6) is 0 Å². The van der Waals surface area contributed by atoms with Crippen LogP contribution in [-0.4, -0.2) is 21.3 Å². The van der Waals surface area contributed by atoms with Crippen molar-refractivity contribution in [2.45, 2.75) is 26.3 Å². The van der Waals surface area contributed by atoms with Crippen LogP contribution in [0.25, 0.3) is 0 Å². The van der Waals surface area contributed by atoms with Crippen LogP contribution in [0.4, 0.5) is 0 Å². The van der Waals surface area contributed by atoms with Gasteiger partial charge in [0, 0.05) is 4.47 Å². The van der Waals surface area contributed by atoms with Gasteiger partial charge in [0.2, 0.25) is 0 Å². The Balaban J connectivity index is 2.38. The van der Waals surface area contributed by atoms with Crippen LogP contribution in [0.2, 0.25) is 0 Å². The number of hydrogen-bond acceptors (Lipinski definition) is 3. The summed E-state index contributed by atoms with van der Waals surface area (Å²) in [5.41, 5.74) is 2.42. The van der Waals surface area contributed by atoms with Crippen molar-refractivity contribution in [1.82, 2.24) is 15.0 Å². The number of halogens is 1. The van der Waals surface area contributed by atoms with Crippen molar-refractivity contribution in [3.05, 3.63) is 45.7 Å². The fourth-order valence-electron chi connectivity index (χ4n) is 1.92. The first-order valence-electron chi connectivity index (χ1n) is 5.75. The van der Waals surface area contributed by atoms with E-state index < -0.39 is 0 Å². The van der Waals surface area contributed by atoms with Crippen molar-refractivity contribution in [3.8, 4) is 0 Å². The Morgan fingerprint density at radius 2 is 2.11 bits per heavy atom. The number of carbonyl (C=O) groups excluding carboxylic acids is 1. The summed E-state index contributed by atoms with van der Waals surface area (Å²) in [7, 11) is 0. The van der Waals surface area contributed by atoms with Gasteiger partial charge in [-0.2, -0.15) is 0 Å². The third-order valence-corrected chi connectivity index (χ3v) is 3.51. The molecule has 0 aliphatic heterocycles. The molecule has 1 heterocycles. The number of nitrogens with zero attached hydrogens (tertiary/aromatic N) is 3. The lowest BCUT2D eigenvalue weighted by Gasteiger charge is -2.10. The molecule has 0 unspecified atom stereocenters. The first-order chi connectivity index (χ1) is 8.63. The number of rotatable bonds is 4. The number of carbonyl (C=O) groups is 1. The second-order valence-electron chi connectivity index (χ2n) is 4.38. The van der Waals surface area contributed by atoms with Gasteiger partial charge < -0.3 is 0 Å². The zero-order valence-electron chi connectivity index (χ0n) is 10.3. The second kappa shape index (κ2) is 5.44. The molecule has 0 atom stereocenters. The lowest BCUT2D eigenvalue weighted by atomic mass is 10.1. The van der Waals surface area contributed by atoms with Gasteiger partial charge in [0.1, 0.15) is 5.69 Å². The van der Waals surface area contributed by atoms with Crippen LogP contribution in [-0.2, 0) is 6.54 Å². The highest BCUT2D eigenvalue weighted by molar-refractivity contribution is 9.10. The fourth-order valence-corrected chi connectivity index (χ4v) is 2.33. The van der Waals surface area contributed by atoms with Gasteiger partial charge >= 0.3 is 0 Å². The average molecular weight is 308 g/mol. The molecule has 0 radical (unpaired) electrons. The molecule has 94 valence electrons. The molecule has 0 saturated carbocycles. The van der Waals surface area contributed by atoms with Crippen molar-refractivity contribution >= 4 is 22.2 Å². The molecular formula is C13H14BrN3O. The van der Waals surface area contributed by atoms with Crippen LogP contribution in [0.15, 0.2) is 28.7 Å². The molecule has 2 rings (SSSR count). The summed E-state index contributed by atoms with van der Waals surface area (Å²) in [6.07, 6.45) is 0.763. The molecule has 0 amide bonds. The van der Waals surface area contributed by atoms with Gasteiger partial charge in [-0.3, -0.25) is 4.79 Å². The quantitative estimate of drug-likeness (QED) is 0.816. The average Bonchev–Trinajstić information content (AvgIpc) is 2.75. The maximum Gasteiger partial charge on any atom is 0.172 e. The monoisotopic (exact) mass is 307 g/mol. The largest absolute Gasteiger partial charge is 0.296 e. The summed E-state index contributed by atoms with van der Waals surface area (Å²) in [5.74, 6) is 0.211. The summed E-state index contributed by atoms with van der Waals surface area (Å²) >= 11 is 3.51. The van der Waals surface area contributed by atoms with Crippen LogP contribution >= 0.6 is 15.9 Å². The van der Waals surface area contributed by atoms with E-state index in [0.29, 0.717) is 12.2 Å². The van der Waals surface area contributed by atoms with Crippen molar-refractivity contribution in [2.24, 2.45) is 0 Å². The Kier molecular flexibility index (Phi) is 3.91. The summed E-state index contributed by atoms with van der Waals surface area (Å²) < 4.78 is 2.82. The van der Waals surface area contributed by atoms with Crippen LogP contribution in [0, 0.1) is 0 Å². The first kappa shape index (κ1) is 13.0. The summed E-state index contributed by atoms with van der Waals surface area (Å²) in [5, 5.41) is 7.97. The van der Waals surface area contributed by atoms with Crippen molar-refractivity contribution in [2.75, 3.05) is 0 Å². The van der Waals surface area contributed by atoms with Crippen molar-refractivity contribution in [1.29, 1.82) is 0 Å². The molecule has 1 aromatic heterocycles. The highest BCUT2D eigenvalue weighted by Crippen LogP contribution is 2.21. The minimum atomic E-state index is 0.211. The molecular weight excluding hydrogens is 294 g/mol. The van der Waals surface area contributed by atoms with Gasteiger partial charge in [0.25, 0.3) is 0 Å². The standard InChI is InChI=1S/C13H14BrN3O/c1-9(2)13-12(8-18)15-16-17(13)7-10-5-3-4-6-11(10)14/h3-6,8-9H,7H2,1-2H3. The summed E-state index contributed by atoms with van der Waals surface area (Å²) in [6, 6.07) is 7.96. The molecule has 18 heavy (non-hydrogen) atoms. The van der Waals surface area contributed by atoms with E-state index in [1.807, 2.05) is 38.1 Å². The molecule has 5 heteroatoms. The summed E-state index contributed by atoms with van der Waals surface area (Å²) in [4.78, 5) is 10.9. The molecule has 0 spiro atoms. The minimum absolute atomic E-state index is 0.211. The Morgan fingerprint density at radius 1 is 1.39 bits per heavy atom. The Bertz CT molecular complexity index is 563. The van der Waals surface area contributed by atoms with Crippen molar-refractivity contribution in [3.63, 3.8) is 0 Å². The van der Waals surface area contributed by atoms with E-state index in [1.165, 1.54) is 0 Å². The number of benzene rings is 1. The van der Waals surface area contributed by atoms with Crippen LogP contribution < -0.4 is 0 Å². The van der Waals surface area contributed by atoms with E-state index in [9.17, 15) is 4.79 Å². The zero-order chi connectivity index (χ0) is 13.1. The molecule has 0 aliphatic carbocycles. The first-order valence-corrected chi connectivity index (χ1v) is 6.54. The topological polar surface area (TPSA) is 47.8 Å². The van der Waals surface area contributed by atoms with E-state index >= 15 is 0 Å². The normalized spacial score (nSPS) is 10.9. The fraction of sp³-hybridized carbons (Fsp3) is 0.308. The highest BCUT2D eigenvalue weighted by Gasteiger charge is 2.16. The molecule has 1 aromatic carbocycles. The van der Waals surface area contributed by atoms with E-state index in [4.69, 9.17) is 0 Å². The molecule has 0 saturated heterocycles. The van der Waals surface area contributed by atoms with Gasteiger partial charge in [-0.25, -0.2) is 4.68 Å². The minimum Gasteiger partial charge on any atom is -0.296 e. The SMILES string of the molecule is CC(C)c1c(C=O)nnn1Cc1ccccc1Br. The molecule has 0 N–H and O–H groups in total. The lowest BCUT2D eigenvalue weighted by Crippen LogP contribution is -2.09. The van der Waals surface area contributed by atoms with Crippen LogP contribution in [0.3, 0.4) is 0 Å². The number of hydrogen-bond donors (Lipinski definition) is 0. The third-order valence-electron chi connectivity index (χ3n) is 2.74. The van der Waals surface area contributed by atoms with Crippen LogP contribution in [0.1, 0.15) is 41.5 Å². The van der Waals surface area contributed by atoms with E-state index in [2.05, 4.69) is 26.2 Å². The lowest BCUT2D eigenvalue weighted by molar-refractivity contribution is 0.111. The maximum atomic E-state index is 10.9. The predicted octanol–water partition coefficient (Wildman–Crippen LogP) is 3.02. The second-order valence-corrected chi connectivity index (χ2v) is 5.24. The summed E-state index contributed by atoms with van der Waals surface area (Å²) in [6.45, 7) is 4.67. The molecule has 4 nitrogen and oxygen atoms in total. The number of aldehydes is 1. The van der Waals surface area contributed by atoms with Gasteiger partial charge in [0.05, 0.1) is 12.2 Å². The van der Waals surface area contributed by atoms with Gasteiger partial charge in [0.15, 0.2) is 6.29 Å². The van der Waals surface area contributed by atoms with Gasteiger partial charge in [-0.1, -0.05) is 53.2 Å². The highest BCUT2D eigenvalue weighted by atomic mass is 79.9. The molecule has 0 fully saturated rings. The maximum absolute atomic E-state index is 10.9. The smallest absolute Gasteiger partial charge is 0.172 e. The Morgan fingerprint density at radius 3 is 2.72 bits per heavy atom. The molecule has 0 aliphatic rings. The van der Waals surface area contributed by atoms with Crippen molar-refractivity contribution < 1.29 is 4.79 Å². The van der Waals surface area contributed by atoms with E-state index in [-0.39, 0.29) is 5.92 Å². The van der Waals surface area contributed by atoms with E-state index in [1.54, 1.807) is 4.68 Å². The van der Waals surface area contributed by atoms with Gasteiger partial charge in [-0.15, -0.1) is 5.10 Å².